The first-order valence-corrected chi connectivity index (χ1v) is 7.72. The molecule has 2 N–H and O–H groups in total. The lowest BCUT2D eigenvalue weighted by atomic mass is 10.1. The number of hydrogen-bond donors (Lipinski definition) is 2. The first kappa shape index (κ1) is 16.9. The molecule has 1 heterocycles. The van der Waals surface area contributed by atoms with E-state index in [0.29, 0.717) is 11.5 Å². The maximum Gasteiger partial charge on any atom is 0.341 e. The Bertz CT molecular complexity index is 823. The van der Waals surface area contributed by atoms with E-state index in [0.717, 1.165) is 5.56 Å². The average molecular weight is 364 g/mol. The van der Waals surface area contributed by atoms with Crippen LogP contribution in [0, 0.1) is 0 Å². The highest BCUT2D eigenvalue weighted by Crippen LogP contribution is 2.32. The molecule has 0 radical (unpaired) electrons. The SMILES string of the molecule is O=C(O)COc1cccc(Cl)c1C(=O)NCc1ccc2c(c1)OCO2. The van der Waals surface area contributed by atoms with Crippen molar-refractivity contribution in [3.8, 4) is 17.2 Å². The number of rotatable bonds is 6. The van der Waals surface area contributed by atoms with Gasteiger partial charge in [-0.2, -0.15) is 0 Å². The fourth-order valence-electron chi connectivity index (χ4n) is 2.31. The molecule has 0 fully saturated rings. The summed E-state index contributed by atoms with van der Waals surface area (Å²) in [6.45, 7) is -0.156. The van der Waals surface area contributed by atoms with Crippen molar-refractivity contribution in [1.82, 2.24) is 5.32 Å². The monoisotopic (exact) mass is 363 g/mol. The predicted octanol–water partition coefficient (Wildman–Crippen LogP) is 2.46. The van der Waals surface area contributed by atoms with E-state index in [2.05, 4.69) is 5.32 Å². The predicted molar refractivity (Wildman–Crippen MR) is 88.3 cm³/mol. The first-order chi connectivity index (χ1) is 12.0. The number of fused-ring (bicyclic) bond motifs is 1. The summed E-state index contributed by atoms with van der Waals surface area (Å²) in [7, 11) is 0. The van der Waals surface area contributed by atoms with Crippen molar-refractivity contribution < 1.29 is 28.9 Å². The Labute approximate surface area is 148 Å². The van der Waals surface area contributed by atoms with Crippen LogP contribution in [0.2, 0.25) is 5.02 Å². The van der Waals surface area contributed by atoms with E-state index in [4.69, 9.17) is 30.9 Å². The lowest BCUT2D eigenvalue weighted by molar-refractivity contribution is -0.139. The van der Waals surface area contributed by atoms with Crippen LogP contribution in [0.1, 0.15) is 15.9 Å². The Morgan fingerprint density at radius 2 is 2.00 bits per heavy atom. The van der Waals surface area contributed by atoms with Gasteiger partial charge in [-0.3, -0.25) is 4.79 Å². The van der Waals surface area contributed by atoms with Crippen molar-refractivity contribution in [3.63, 3.8) is 0 Å². The molecular formula is C17H14ClNO6. The molecule has 0 saturated carbocycles. The van der Waals surface area contributed by atoms with E-state index in [1.165, 1.54) is 12.1 Å². The maximum absolute atomic E-state index is 12.5. The number of benzene rings is 2. The molecule has 2 aromatic rings. The third kappa shape index (κ3) is 3.95. The molecule has 1 aliphatic heterocycles. The van der Waals surface area contributed by atoms with Gasteiger partial charge in [0, 0.05) is 6.54 Å². The quantitative estimate of drug-likeness (QED) is 0.818. The van der Waals surface area contributed by atoms with Gasteiger partial charge in [0.1, 0.15) is 5.75 Å². The van der Waals surface area contributed by atoms with Crippen molar-refractivity contribution in [2.45, 2.75) is 6.54 Å². The van der Waals surface area contributed by atoms with Crippen LogP contribution >= 0.6 is 11.6 Å². The van der Waals surface area contributed by atoms with Gasteiger partial charge in [-0.1, -0.05) is 23.7 Å². The number of aliphatic carboxylic acids is 1. The molecule has 7 nitrogen and oxygen atoms in total. The number of carboxylic acids is 1. The van der Waals surface area contributed by atoms with Gasteiger partial charge in [0.05, 0.1) is 10.6 Å². The lowest BCUT2D eigenvalue weighted by Crippen LogP contribution is -2.24. The average Bonchev–Trinajstić information content (AvgIpc) is 3.05. The summed E-state index contributed by atoms with van der Waals surface area (Å²) in [5, 5.41) is 11.6. The van der Waals surface area contributed by atoms with Crippen LogP contribution < -0.4 is 19.5 Å². The van der Waals surface area contributed by atoms with Gasteiger partial charge in [-0.05, 0) is 29.8 Å². The van der Waals surface area contributed by atoms with E-state index >= 15 is 0 Å². The zero-order chi connectivity index (χ0) is 17.8. The van der Waals surface area contributed by atoms with Crippen LogP contribution in [0.5, 0.6) is 17.2 Å². The number of carboxylic acid groups (broad SMARTS) is 1. The standard InChI is InChI=1S/C17H14ClNO6/c18-11-2-1-3-13(23-8-15(20)21)16(11)17(22)19-7-10-4-5-12-14(6-10)25-9-24-12/h1-6H,7-9H2,(H,19,22)(H,20,21). The molecule has 0 aliphatic carbocycles. The maximum atomic E-state index is 12.5. The summed E-state index contributed by atoms with van der Waals surface area (Å²) in [6, 6.07) is 9.95. The Morgan fingerprint density at radius 1 is 1.20 bits per heavy atom. The first-order valence-electron chi connectivity index (χ1n) is 7.34. The summed E-state index contributed by atoms with van der Waals surface area (Å²) in [4.78, 5) is 23.1. The second-order valence-electron chi connectivity index (χ2n) is 5.17. The zero-order valence-electron chi connectivity index (χ0n) is 13.0. The Kier molecular flexibility index (Phi) is 4.95. The molecular weight excluding hydrogens is 350 g/mol. The third-order valence-electron chi connectivity index (χ3n) is 3.44. The van der Waals surface area contributed by atoms with Crippen LogP contribution in [-0.2, 0) is 11.3 Å². The summed E-state index contributed by atoms with van der Waals surface area (Å²) in [5.41, 5.74) is 0.906. The van der Waals surface area contributed by atoms with E-state index in [1.54, 1.807) is 18.2 Å². The highest BCUT2D eigenvalue weighted by atomic mass is 35.5. The van der Waals surface area contributed by atoms with Crippen molar-refractivity contribution in [2.75, 3.05) is 13.4 Å². The molecule has 0 spiro atoms. The van der Waals surface area contributed by atoms with Crippen molar-refractivity contribution in [2.24, 2.45) is 0 Å². The molecule has 25 heavy (non-hydrogen) atoms. The smallest absolute Gasteiger partial charge is 0.341 e. The molecule has 2 aromatic carbocycles. The second kappa shape index (κ2) is 7.31. The largest absolute Gasteiger partial charge is 0.481 e. The van der Waals surface area contributed by atoms with Gasteiger partial charge in [0.25, 0.3) is 5.91 Å². The summed E-state index contributed by atoms with van der Waals surface area (Å²) < 4.78 is 15.7. The number of nitrogens with one attached hydrogen (secondary N) is 1. The molecule has 0 unspecified atom stereocenters. The summed E-state index contributed by atoms with van der Waals surface area (Å²) >= 11 is 6.07. The minimum atomic E-state index is -1.15. The molecule has 0 aromatic heterocycles. The molecule has 0 saturated heterocycles. The number of carbonyl (C=O) groups is 2. The van der Waals surface area contributed by atoms with Gasteiger partial charge < -0.3 is 24.6 Å². The normalized spacial score (nSPS) is 11.9. The van der Waals surface area contributed by atoms with Crippen molar-refractivity contribution in [3.05, 3.63) is 52.5 Å². The summed E-state index contributed by atoms with van der Waals surface area (Å²) in [6.07, 6.45) is 0. The summed E-state index contributed by atoms with van der Waals surface area (Å²) in [5.74, 6) is -0.228. The van der Waals surface area contributed by atoms with Crippen molar-refractivity contribution in [1.29, 1.82) is 0 Å². The van der Waals surface area contributed by atoms with Gasteiger partial charge in [-0.25, -0.2) is 4.79 Å². The van der Waals surface area contributed by atoms with Crippen LogP contribution in [-0.4, -0.2) is 30.4 Å². The van der Waals surface area contributed by atoms with E-state index in [-0.39, 0.29) is 29.7 Å². The van der Waals surface area contributed by atoms with Crippen LogP contribution in [0.4, 0.5) is 0 Å². The zero-order valence-corrected chi connectivity index (χ0v) is 13.7. The number of carbonyl (C=O) groups excluding carboxylic acids is 1. The minimum absolute atomic E-state index is 0.0890. The highest BCUT2D eigenvalue weighted by Gasteiger charge is 2.18. The molecule has 0 bridgehead atoms. The Hall–Kier alpha value is -2.93. The van der Waals surface area contributed by atoms with Gasteiger partial charge in [0.15, 0.2) is 18.1 Å². The van der Waals surface area contributed by atoms with Crippen LogP contribution in [0.25, 0.3) is 0 Å². The van der Waals surface area contributed by atoms with E-state index < -0.39 is 18.5 Å². The van der Waals surface area contributed by atoms with Gasteiger partial charge >= 0.3 is 5.97 Å². The molecule has 3 rings (SSSR count). The van der Waals surface area contributed by atoms with E-state index in [9.17, 15) is 9.59 Å². The highest BCUT2D eigenvalue weighted by molar-refractivity contribution is 6.34. The molecule has 0 atom stereocenters. The van der Waals surface area contributed by atoms with Gasteiger partial charge in [-0.15, -0.1) is 0 Å². The fraction of sp³-hybridized carbons (Fsp3) is 0.176. The molecule has 130 valence electrons. The topological polar surface area (TPSA) is 94.1 Å². The molecule has 8 heteroatoms. The van der Waals surface area contributed by atoms with E-state index in [1.807, 2.05) is 6.07 Å². The number of halogens is 1. The fourth-order valence-corrected chi connectivity index (χ4v) is 2.56. The molecule has 1 aliphatic rings. The second-order valence-corrected chi connectivity index (χ2v) is 5.57. The molecule has 1 amide bonds. The van der Waals surface area contributed by atoms with Crippen molar-refractivity contribution >= 4 is 23.5 Å². The number of amides is 1. The minimum Gasteiger partial charge on any atom is -0.481 e. The third-order valence-corrected chi connectivity index (χ3v) is 3.76. The Morgan fingerprint density at radius 3 is 2.80 bits per heavy atom. The van der Waals surface area contributed by atoms with Crippen LogP contribution in [0.3, 0.4) is 0 Å². The Balaban J connectivity index is 1.71. The lowest BCUT2D eigenvalue weighted by Gasteiger charge is -2.12. The number of ether oxygens (including phenoxy) is 3. The number of hydrogen-bond acceptors (Lipinski definition) is 5. The van der Waals surface area contributed by atoms with Crippen LogP contribution in [0.15, 0.2) is 36.4 Å². The van der Waals surface area contributed by atoms with Gasteiger partial charge in [0.2, 0.25) is 6.79 Å².